The third-order valence-electron chi connectivity index (χ3n) is 2.67. The standard InChI is InChI=1S/C10H15BrN4O2/c1-6-3-15(4-7(2-12)17-6)9-8(11)10(16)14-5-13-9/h5-7H,2-4,12H2,1H3,(H,13,14,16). The molecule has 1 saturated heterocycles. The fourth-order valence-electron chi connectivity index (χ4n) is 1.94. The van der Waals surface area contributed by atoms with Crippen molar-refractivity contribution in [1.82, 2.24) is 9.97 Å². The average molecular weight is 303 g/mol. The van der Waals surface area contributed by atoms with Gasteiger partial charge in [-0.3, -0.25) is 4.79 Å². The summed E-state index contributed by atoms with van der Waals surface area (Å²) < 4.78 is 6.11. The number of nitrogens with two attached hydrogens (primary N) is 1. The third-order valence-corrected chi connectivity index (χ3v) is 3.38. The largest absolute Gasteiger partial charge is 0.370 e. The fraction of sp³-hybridized carbons (Fsp3) is 0.600. The van der Waals surface area contributed by atoms with Gasteiger partial charge in [-0.25, -0.2) is 4.98 Å². The van der Waals surface area contributed by atoms with Gasteiger partial charge >= 0.3 is 0 Å². The van der Waals surface area contributed by atoms with E-state index in [-0.39, 0.29) is 17.8 Å². The summed E-state index contributed by atoms with van der Waals surface area (Å²) in [6.07, 6.45) is 1.46. The molecule has 0 bridgehead atoms. The summed E-state index contributed by atoms with van der Waals surface area (Å²) in [6, 6.07) is 0. The van der Waals surface area contributed by atoms with Crippen molar-refractivity contribution in [1.29, 1.82) is 0 Å². The molecule has 2 unspecified atom stereocenters. The SMILES string of the molecule is CC1CN(c2nc[nH]c(=O)c2Br)CC(CN)O1. The van der Waals surface area contributed by atoms with Crippen LogP contribution in [0.25, 0.3) is 0 Å². The van der Waals surface area contributed by atoms with Gasteiger partial charge in [0.15, 0.2) is 5.82 Å². The Morgan fingerprint density at radius 1 is 1.71 bits per heavy atom. The molecule has 2 atom stereocenters. The van der Waals surface area contributed by atoms with Crippen LogP contribution in [0.3, 0.4) is 0 Å². The summed E-state index contributed by atoms with van der Waals surface area (Å²) in [7, 11) is 0. The Bertz CT molecular complexity index is 450. The molecule has 1 aromatic heterocycles. The summed E-state index contributed by atoms with van der Waals surface area (Å²) >= 11 is 3.26. The zero-order chi connectivity index (χ0) is 12.4. The Morgan fingerprint density at radius 3 is 3.18 bits per heavy atom. The van der Waals surface area contributed by atoms with Crippen LogP contribution in [0, 0.1) is 0 Å². The van der Waals surface area contributed by atoms with Gasteiger partial charge in [0.1, 0.15) is 4.47 Å². The molecule has 17 heavy (non-hydrogen) atoms. The van der Waals surface area contributed by atoms with Crippen LogP contribution in [0.5, 0.6) is 0 Å². The number of hydrogen-bond acceptors (Lipinski definition) is 5. The van der Waals surface area contributed by atoms with E-state index in [9.17, 15) is 4.79 Å². The Kier molecular flexibility index (Phi) is 3.80. The first-order valence-electron chi connectivity index (χ1n) is 5.45. The zero-order valence-electron chi connectivity index (χ0n) is 9.52. The zero-order valence-corrected chi connectivity index (χ0v) is 11.1. The van der Waals surface area contributed by atoms with Gasteiger partial charge in [-0.1, -0.05) is 0 Å². The number of rotatable bonds is 2. The first-order chi connectivity index (χ1) is 8.11. The van der Waals surface area contributed by atoms with Crippen LogP contribution in [0.15, 0.2) is 15.6 Å². The molecule has 6 nitrogen and oxygen atoms in total. The van der Waals surface area contributed by atoms with E-state index in [1.165, 1.54) is 6.33 Å². The molecule has 94 valence electrons. The average Bonchev–Trinajstić information content (AvgIpc) is 2.31. The van der Waals surface area contributed by atoms with Crippen LogP contribution in [-0.4, -0.2) is 41.8 Å². The van der Waals surface area contributed by atoms with Crippen LogP contribution < -0.4 is 16.2 Å². The van der Waals surface area contributed by atoms with E-state index in [4.69, 9.17) is 10.5 Å². The van der Waals surface area contributed by atoms with Gasteiger partial charge in [0.2, 0.25) is 0 Å². The lowest BCUT2D eigenvalue weighted by Gasteiger charge is -2.37. The van der Waals surface area contributed by atoms with Crippen molar-refractivity contribution in [3.05, 3.63) is 21.2 Å². The molecule has 1 aliphatic rings. The first kappa shape index (κ1) is 12.5. The fourth-order valence-corrected chi connectivity index (χ4v) is 2.41. The first-order valence-corrected chi connectivity index (χ1v) is 6.24. The highest BCUT2D eigenvalue weighted by atomic mass is 79.9. The highest BCUT2D eigenvalue weighted by Crippen LogP contribution is 2.22. The van der Waals surface area contributed by atoms with Gasteiger partial charge in [-0.2, -0.15) is 0 Å². The monoisotopic (exact) mass is 302 g/mol. The summed E-state index contributed by atoms with van der Waals surface area (Å²) in [4.78, 5) is 20.2. The summed E-state index contributed by atoms with van der Waals surface area (Å²) in [5, 5.41) is 0. The van der Waals surface area contributed by atoms with Gasteiger partial charge in [0.05, 0.1) is 18.5 Å². The number of ether oxygens (including phenoxy) is 1. The van der Waals surface area contributed by atoms with Crippen molar-refractivity contribution in [2.24, 2.45) is 5.73 Å². The molecule has 0 spiro atoms. The molecule has 1 aromatic rings. The number of halogens is 1. The molecule has 0 aliphatic carbocycles. The second-order valence-electron chi connectivity index (χ2n) is 4.08. The van der Waals surface area contributed by atoms with E-state index >= 15 is 0 Å². The maximum Gasteiger partial charge on any atom is 0.267 e. The van der Waals surface area contributed by atoms with E-state index in [1.54, 1.807) is 0 Å². The molecule has 1 fully saturated rings. The molecule has 0 amide bonds. The van der Waals surface area contributed by atoms with Gasteiger partial charge in [-0.15, -0.1) is 0 Å². The van der Waals surface area contributed by atoms with Crippen molar-refractivity contribution in [3.8, 4) is 0 Å². The smallest absolute Gasteiger partial charge is 0.267 e. The summed E-state index contributed by atoms with van der Waals surface area (Å²) in [6.45, 7) is 3.79. The number of nitrogens with zero attached hydrogens (tertiary/aromatic N) is 2. The van der Waals surface area contributed by atoms with Crippen molar-refractivity contribution >= 4 is 21.7 Å². The normalized spacial score (nSPS) is 25.0. The van der Waals surface area contributed by atoms with E-state index in [0.717, 1.165) is 0 Å². The summed E-state index contributed by atoms with van der Waals surface area (Å²) in [5.74, 6) is 0.641. The molecule has 0 aromatic carbocycles. The Balaban J connectivity index is 2.27. The van der Waals surface area contributed by atoms with Crippen LogP contribution in [0.1, 0.15) is 6.92 Å². The molecule has 0 saturated carbocycles. The molecule has 2 rings (SSSR count). The minimum Gasteiger partial charge on any atom is -0.370 e. The molecule has 2 heterocycles. The number of hydrogen-bond donors (Lipinski definition) is 2. The minimum atomic E-state index is -0.182. The Labute approximate surface area is 107 Å². The summed E-state index contributed by atoms with van der Waals surface area (Å²) in [5.41, 5.74) is 5.44. The number of anilines is 1. The number of morpholine rings is 1. The maximum absolute atomic E-state index is 11.5. The second-order valence-corrected chi connectivity index (χ2v) is 4.87. The van der Waals surface area contributed by atoms with E-state index < -0.39 is 0 Å². The predicted molar refractivity (Wildman–Crippen MR) is 68.2 cm³/mol. The minimum absolute atomic E-state index is 0.0215. The van der Waals surface area contributed by atoms with Crippen LogP contribution in [0.4, 0.5) is 5.82 Å². The van der Waals surface area contributed by atoms with E-state index in [2.05, 4.69) is 25.9 Å². The highest BCUT2D eigenvalue weighted by Gasteiger charge is 2.26. The van der Waals surface area contributed by atoms with Gasteiger partial charge < -0.3 is 20.4 Å². The van der Waals surface area contributed by atoms with E-state index in [0.29, 0.717) is 29.9 Å². The Morgan fingerprint density at radius 2 is 2.47 bits per heavy atom. The second kappa shape index (κ2) is 5.16. The lowest BCUT2D eigenvalue weighted by molar-refractivity contribution is -0.0107. The predicted octanol–water partition coefficient (Wildman–Crippen LogP) is 0.0848. The maximum atomic E-state index is 11.5. The van der Waals surface area contributed by atoms with Crippen LogP contribution in [-0.2, 0) is 4.74 Å². The lowest BCUT2D eigenvalue weighted by atomic mass is 10.2. The van der Waals surface area contributed by atoms with Gasteiger partial charge in [0, 0.05) is 19.6 Å². The lowest BCUT2D eigenvalue weighted by Crippen LogP contribution is -2.50. The number of H-pyrrole nitrogens is 1. The number of aromatic amines is 1. The van der Waals surface area contributed by atoms with Crippen molar-refractivity contribution in [2.45, 2.75) is 19.1 Å². The molecular formula is C10H15BrN4O2. The van der Waals surface area contributed by atoms with Crippen molar-refractivity contribution in [2.75, 3.05) is 24.5 Å². The van der Waals surface area contributed by atoms with Crippen LogP contribution >= 0.6 is 15.9 Å². The highest BCUT2D eigenvalue weighted by molar-refractivity contribution is 9.10. The third kappa shape index (κ3) is 2.67. The molecule has 0 radical (unpaired) electrons. The van der Waals surface area contributed by atoms with E-state index in [1.807, 2.05) is 11.8 Å². The molecule has 1 aliphatic heterocycles. The molecule has 3 N–H and O–H groups in total. The molecule has 7 heteroatoms. The number of nitrogens with one attached hydrogen (secondary N) is 1. The van der Waals surface area contributed by atoms with Crippen LogP contribution in [0.2, 0.25) is 0 Å². The van der Waals surface area contributed by atoms with Gasteiger partial charge in [0.25, 0.3) is 5.56 Å². The number of aromatic nitrogens is 2. The van der Waals surface area contributed by atoms with Crippen molar-refractivity contribution in [3.63, 3.8) is 0 Å². The Hall–Kier alpha value is -0.920. The quantitative estimate of drug-likeness (QED) is 0.808. The molecular weight excluding hydrogens is 288 g/mol. The van der Waals surface area contributed by atoms with Crippen molar-refractivity contribution < 1.29 is 4.74 Å². The van der Waals surface area contributed by atoms with Gasteiger partial charge in [-0.05, 0) is 22.9 Å². The topological polar surface area (TPSA) is 84.2 Å².